The summed E-state index contributed by atoms with van der Waals surface area (Å²) in [5.41, 5.74) is 1.81. The summed E-state index contributed by atoms with van der Waals surface area (Å²) < 4.78 is 38.4. The molecule has 5 nitrogen and oxygen atoms in total. The van der Waals surface area contributed by atoms with Gasteiger partial charge in [-0.1, -0.05) is 18.2 Å². The van der Waals surface area contributed by atoms with Gasteiger partial charge in [-0.2, -0.15) is 4.31 Å². The van der Waals surface area contributed by atoms with Crippen molar-refractivity contribution in [3.63, 3.8) is 0 Å². The summed E-state index contributed by atoms with van der Waals surface area (Å²) in [6.07, 6.45) is 0. The average molecular weight is 380 g/mol. The van der Waals surface area contributed by atoms with Crippen LogP contribution in [0.2, 0.25) is 0 Å². The highest BCUT2D eigenvalue weighted by molar-refractivity contribution is 8.01. The fourth-order valence-corrected chi connectivity index (χ4v) is 6.22. The molecule has 0 saturated carbocycles. The third-order valence-electron chi connectivity index (χ3n) is 4.14. The zero-order valence-corrected chi connectivity index (χ0v) is 16.1. The number of ether oxygens (including phenoxy) is 2. The van der Waals surface area contributed by atoms with Crippen molar-refractivity contribution in [3.05, 3.63) is 53.6 Å². The van der Waals surface area contributed by atoms with Gasteiger partial charge < -0.3 is 9.47 Å². The van der Waals surface area contributed by atoms with E-state index >= 15 is 0 Å². The molecule has 1 aliphatic heterocycles. The number of hydrogen-bond donors (Lipinski definition) is 0. The second-order valence-corrected chi connectivity index (χ2v) is 8.85. The quantitative estimate of drug-likeness (QED) is 0.796. The van der Waals surface area contributed by atoms with E-state index in [0.29, 0.717) is 22.9 Å². The highest BCUT2D eigenvalue weighted by Gasteiger charge is 2.37. The number of nitrogens with zero attached hydrogens (tertiary/aromatic N) is 1. The number of benzene rings is 2. The van der Waals surface area contributed by atoms with Crippen molar-refractivity contribution in [2.75, 3.05) is 26.5 Å². The van der Waals surface area contributed by atoms with Crippen molar-refractivity contribution < 1.29 is 17.9 Å². The number of rotatable bonds is 5. The van der Waals surface area contributed by atoms with Gasteiger partial charge in [-0.3, -0.25) is 0 Å². The lowest BCUT2D eigenvalue weighted by molar-refractivity contribution is 0.353. The van der Waals surface area contributed by atoms with Crippen LogP contribution >= 0.6 is 11.8 Å². The number of methoxy groups -OCH3 is 2. The predicted molar refractivity (Wildman–Crippen MR) is 99.8 cm³/mol. The minimum atomic E-state index is -3.55. The van der Waals surface area contributed by atoms with Crippen LogP contribution in [-0.2, 0) is 10.0 Å². The molecule has 1 saturated heterocycles. The minimum absolute atomic E-state index is 0.273. The van der Waals surface area contributed by atoms with E-state index in [-0.39, 0.29) is 5.37 Å². The Bertz CT molecular complexity index is 867. The lowest BCUT2D eigenvalue weighted by Crippen LogP contribution is -2.30. The Kier molecular flexibility index (Phi) is 5.27. The van der Waals surface area contributed by atoms with Gasteiger partial charge in [0.2, 0.25) is 10.0 Å². The molecular weight excluding hydrogens is 358 g/mol. The zero-order chi connectivity index (χ0) is 18.0. The fraction of sp³-hybridized carbons (Fsp3) is 0.333. The summed E-state index contributed by atoms with van der Waals surface area (Å²) in [7, 11) is -0.400. The van der Waals surface area contributed by atoms with Crippen molar-refractivity contribution in [3.8, 4) is 11.5 Å². The largest absolute Gasteiger partial charge is 0.493 e. The van der Waals surface area contributed by atoms with Crippen LogP contribution < -0.4 is 9.47 Å². The van der Waals surface area contributed by atoms with Gasteiger partial charge in [-0.25, -0.2) is 8.42 Å². The first-order valence-corrected chi connectivity index (χ1v) is 10.4. The van der Waals surface area contributed by atoms with Gasteiger partial charge in [-0.15, -0.1) is 11.8 Å². The monoisotopic (exact) mass is 379 g/mol. The fourth-order valence-electron chi connectivity index (χ4n) is 2.88. The molecule has 1 aliphatic rings. The number of hydrogen-bond acceptors (Lipinski definition) is 5. The standard InChI is InChI=1S/C18H21NO4S2/c1-13-5-4-6-15(11-13)25(20,21)19-9-10-24-18(19)14-7-8-16(22-2)17(12-14)23-3/h4-8,11-12,18H,9-10H2,1-3H3/t18-/m0/s1. The van der Waals surface area contributed by atoms with Crippen LogP contribution in [0.15, 0.2) is 47.4 Å². The third-order valence-corrected chi connectivity index (χ3v) is 7.39. The lowest BCUT2D eigenvalue weighted by atomic mass is 10.2. The molecular formula is C18H21NO4S2. The molecule has 0 aromatic heterocycles. The van der Waals surface area contributed by atoms with E-state index in [1.54, 1.807) is 48.5 Å². The molecule has 3 rings (SSSR count). The van der Waals surface area contributed by atoms with Crippen LogP contribution in [0.25, 0.3) is 0 Å². The summed E-state index contributed by atoms with van der Waals surface area (Å²) in [6, 6.07) is 12.6. The summed E-state index contributed by atoms with van der Waals surface area (Å²) in [4.78, 5) is 0.334. The second-order valence-electron chi connectivity index (χ2n) is 5.77. The van der Waals surface area contributed by atoms with Crippen molar-refractivity contribution in [2.24, 2.45) is 0 Å². The van der Waals surface area contributed by atoms with E-state index in [1.807, 2.05) is 31.2 Å². The molecule has 0 amide bonds. The number of aryl methyl sites for hydroxylation is 1. The minimum Gasteiger partial charge on any atom is -0.493 e. The predicted octanol–water partition coefficient (Wildman–Crippen LogP) is 3.45. The van der Waals surface area contributed by atoms with Gasteiger partial charge in [0.1, 0.15) is 0 Å². The zero-order valence-electron chi connectivity index (χ0n) is 14.4. The molecule has 25 heavy (non-hydrogen) atoms. The first kappa shape index (κ1) is 18.1. The molecule has 1 atom stereocenters. The molecule has 1 fully saturated rings. The average Bonchev–Trinajstić information content (AvgIpc) is 3.11. The first-order chi connectivity index (χ1) is 12.0. The Morgan fingerprint density at radius 1 is 1.08 bits per heavy atom. The molecule has 2 aromatic rings. The Labute approximate surface area is 153 Å². The van der Waals surface area contributed by atoms with Crippen LogP contribution in [0.5, 0.6) is 11.5 Å². The highest BCUT2D eigenvalue weighted by atomic mass is 32.2. The van der Waals surface area contributed by atoms with E-state index in [1.165, 1.54) is 0 Å². The van der Waals surface area contributed by atoms with Crippen molar-refractivity contribution in [1.29, 1.82) is 0 Å². The molecule has 0 aliphatic carbocycles. The molecule has 0 unspecified atom stereocenters. The van der Waals surface area contributed by atoms with Gasteiger partial charge in [0.25, 0.3) is 0 Å². The molecule has 1 heterocycles. The smallest absolute Gasteiger partial charge is 0.244 e. The van der Waals surface area contributed by atoms with Gasteiger partial charge >= 0.3 is 0 Å². The maximum Gasteiger partial charge on any atom is 0.244 e. The van der Waals surface area contributed by atoms with Crippen LogP contribution in [0.1, 0.15) is 16.5 Å². The van der Waals surface area contributed by atoms with Crippen molar-refractivity contribution in [2.45, 2.75) is 17.2 Å². The Morgan fingerprint density at radius 2 is 1.84 bits per heavy atom. The lowest BCUT2D eigenvalue weighted by Gasteiger charge is -2.24. The van der Waals surface area contributed by atoms with Crippen molar-refractivity contribution in [1.82, 2.24) is 4.31 Å². The maximum atomic E-state index is 13.1. The van der Waals surface area contributed by atoms with Crippen LogP contribution in [0, 0.1) is 6.92 Å². The van der Waals surface area contributed by atoms with Gasteiger partial charge in [0.15, 0.2) is 11.5 Å². The SMILES string of the molecule is COc1ccc([C@@H]2SCCN2S(=O)(=O)c2cccc(C)c2)cc1OC. The molecule has 0 bridgehead atoms. The van der Waals surface area contributed by atoms with E-state index in [9.17, 15) is 8.42 Å². The summed E-state index contributed by atoms with van der Waals surface area (Å²) in [5, 5.41) is -0.273. The molecule has 0 N–H and O–H groups in total. The Balaban J connectivity index is 1.98. The Morgan fingerprint density at radius 3 is 2.52 bits per heavy atom. The summed E-state index contributed by atoms with van der Waals surface area (Å²) in [6.45, 7) is 2.38. The van der Waals surface area contributed by atoms with Crippen LogP contribution in [0.4, 0.5) is 0 Å². The van der Waals surface area contributed by atoms with E-state index < -0.39 is 10.0 Å². The Hall–Kier alpha value is -1.70. The van der Waals surface area contributed by atoms with Crippen molar-refractivity contribution >= 4 is 21.8 Å². The summed E-state index contributed by atoms with van der Waals surface area (Å²) >= 11 is 1.61. The normalized spacial score (nSPS) is 18.3. The topological polar surface area (TPSA) is 55.8 Å². The van der Waals surface area contributed by atoms with Gasteiger partial charge in [0.05, 0.1) is 24.5 Å². The number of thioether (sulfide) groups is 1. The van der Waals surface area contributed by atoms with E-state index in [0.717, 1.165) is 16.9 Å². The van der Waals surface area contributed by atoms with Gasteiger partial charge in [0, 0.05) is 12.3 Å². The molecule has 2 aromatic carbocycles. The second kappa shape index (κ2) is 7.27. The highest BCUT2D eigenvalue weighted by Crippen LogP contribution is 2.43. The van der Waals surface area contributed by atoms with Gasteiger partial charge in [-0.05, 0) is 42.3 Å². The molecule has 7 heteroatoms. The first-order valence-electron chi connectivity index (χ1n) is 7.89. The third kappa shape index (κ3) is 3.49. The molecule has 0 radical (unpaired) electrons. The van der Waals surface area contributed by atoms with E-state index in [2.05, 4.69) is 0 Å². The maximum absolute atomic E-state index is 13.1. The number of sulfonamides is 1. The summed E-state index contributed by atoms with van der Waals surface area (Å²) in [5.74, 6) is 1.98. The van der Waals surface area contributed by atoms with E-state index in [4.69, 9.17) is 9.47 Å². The molecule has 0 spiro atoms. The van der Waals surface area contributed by atoms with Crippen LogP contribution in [-0.4, -0.2) is 39.2 Å². The molecule has 134 valence electrons. The van der Waals surface area contributed by atoms with Crippen LogP contribution in [0.3, 0.4) is 0 Å².